The molecule has 3 rings (SSSR count). The molecule has 0 saturated heterocycles. The summed E-state index contributed by atoms with van der Waals surface area (Å²) in [5.74, 6) is 0.386. The topological polar surface area (TPSA) is 63.6 Å². The molecule has 26 heavy (non-hydrogen) atoms. The third-order valence-corrected chi connectivity index (χ3v) is 4.06. The average Bonchev–Trinajstić information content (AvgIpc) is 2.69. The standard InChI is InChI=1S/C21H21N3O2/c1-3-15-9-11-19(22-13-15)21(25)24-23-14-18-17-8-6-5-7-16(17)10-12-20(18)26-4-2/h5-14H,3-4H2,1-2H3,(H,24,25)/b23-14+. The largest absolute Gasteiger partial charge is 0.493 e. The fourth-order valence-corrected chi connectivity index (χ4v) is 2.67. The Balaban J connectivity index is 1.82. The number of nitrogens with zero attached hydrogens (tertiary/aromatic N) is 2. The summed E-state index contributed by atoms with van der Waals surface area (Å²) in [7, 11) is 0. The van der Waals surface area contributed by atoms with E-state index in [4.69, 9.17) is 4.74 Å². The van der Waals surface area contributed by atoms with Crippen LogP contribution in [0.25, 0.3) is 10.8 Å². The first-order valence-electron chi connectivity index (χ1n) is 8.65. The first kappa shape index (κ1) is 17.6. The zero-order valence-electron chi connectivity index (χ0n) is 14.9. The van der Waals surface area contributed by atoms with Crippen molar-refractivity contribution in [2.45, 2.75) is 20.3 Å². The summed E-state index contributed by atoms with van der Waals surface area (Å²) in [4.78, 5) is 16.4. The summed E-state index contributed by atoms with van der Waals surface area (Å²) >= 11 is 0. The number of hydrogen-bond acceptors (Lipinski definition) is 4. The van der Waals surface area contributed by atoms with Gasteiger partial charge in [0.05, 0.1) is 12.8 Å². The minimum Gasteiger partial charge on any atom is -0.493 e. The Kier molecular flexibility index (Phi) is 5.59. The highest BCUT2D eigenvalue weighted by molar-refractivity contribution is 6.03. The SMILES string of the molecule is CCOc1ccc2ccccc2c1/C=N/NC(=O)c1ccc(CC)cn1. The number of aromatic nitrogens is 1. The molecule has 5 nitrogen and oxygen atoms in total. The third-order valence-electron chi connectivity index (χ3n) is 4.06. The van der Waals surface area contributed by atoms with Gasteiger partial charge < -0.3 is 4.74 Å². The van der Waals surface area contributed by atoms with Crippen LogP contribution >= 0.6 is 0 Å². The molecule has 1 amide bonds. The number of pyridine rings is 1. The normalized spacial score (nSPS) is 11.0. The van der Waals surface area contributed by atoms with Crippen LogP contribution in [0.15, 0.2) is 59.8 Å². The fourth-order valence-electron chi connectivity index (χ4n) is 2.67. The van der Waals surface area contributed by atoms with Gasteiger partial charge in [0, 0.05) is 11.8 Å². The molecule has 0 atom stereocenters. The number of ether oxygens (including phenoxy) is 1. The Morgan fingerprint density at radius 1 is 1.15 bits per heavy atom. The summed E-state index contributed by atoms with van der Waals surface area (Å²) in [6, 6.07) is 15.5. The summed E-state index contributed by atoms with van der Waals surface area (Å²) in [5, 5.41) is 6.21. The van der Waals surface area contributed by atoms with Crippen molar-refractivity contribution in [2.24, 2.45) is 5.10 Å². The monoisotopic (exact) mass is 347 g/mol. The van der Waals surface area contributed by atoms with Crippen molar-refractivity contribution in [3.63, 3.8) is 0 Å². The predicted octanol–water partition coefficient (Wildman–Crippen LogP) is 3.96. The van der Waals surface area contributed by atoms with E-state index in [1.807, 2.05) is 56.3 Å². The second-order valence-electron chi connectivity index (χ2n) is 5.74. The summed E-state index contributed by atoms with van der Waals surface area (Å²) in [5.41, 5.74) is 4.79. The van der Waals surface area contributed by atoms with E-state index in [1.54, 1.807) is 18.5 Å². The lowest BCUT2D eigenvalue weighted by atomic mass is 10.0. The van der Waals surface area contributed by atoms with Gasteiger partial charge in [0.15, 0.2) is 0 Å². The smallest absolute Gasteiger partial charge is 0.289 e. The lowest BCUT2D eigenvalue weighted by Gasteiger charge is -2.10. The predicted molar refractivity (Wildman–Crippen MR) is 104 cm³/mol. The van der Waals surface area contributed by atoms with Gasteiger partial charge in [0.25, 0.3) is 5.91 Å². The molecule has 132 valence electrons. The molecule has 0 fully saturated rings. The molecular weight excluding hydrogens is 326 g/mol. The molecule has 0 aliphatic heterocycles. The van der Waals surface area contributed by atoms with Crippen molar-refractivity contribution in [1.29, 1.82) is 0 Å². The maximum Gasteiger partial charge on any atom is 0.289 e. The Morgan fingerprint density at radius 2 is 2.00 bits per heavy atom. The molecule has 1 heterocycles. The van der Waals surface area contributed by atoms with Gasteiger partial charge in [-0.3, -0.25) is 9.78 Å². The second kappa shape index (κ2) is 8.25. The van der Waals surface area contributed by atoms with Gasteiger partial charge in [-0.05, 0) is 41.8 Å². The van der Waals surface area contributed by atoms with Crippen LogP contribution in [0.1, 0.15) is 35.5 Å². The van der Waals surface area contributed by atoms with Crippen LogP contribution in [0.3, 0.4) is 0 Å². The van der Waals surface area contributed by atoms with E-state index in [0.29, 0.717) is 12.3 Å². The van der Waals surface area contributed by atoms with Crippen molar-refractivity contribution < 1.29 is 9.53 Å². The number of amides is 1. The van der Waals surface area contributed by atoms with Crippen LogP contribution < -0.4 is 10.2 Å². The van der Waals surface area contributed by atoms with Crippen molar-refractivity contribution in [3.05, 3.63) is 71.5 Å². The molecule has 0 spiro atoms. The van der Waals surface area contributed by atoms with Crippen molar-refractivity contribution >= 4 is 22.9 Å². The number of aryl methyl sites for hydroxylation is 1. The van der Waals surface area contributed by atoms with Crippen molar-refractivity contribution in [3.8, 4) is 5.75 Å². The number of carbonyl (C=O) groups excluding carboxylic acids is 1. The minimum atomic E-state index is -0.345. The molecule has 1 N–H and O–H groups in total. The molecule has 0 aliphatic carbocycles. The Hall–Kier alpha value is -3.21. The summed E-state index contributed by atoms with van der Waals surface area (Å²) < 4.78 is 5.70. The van der Waals surface area contributed by atoms with Gasteiger partial charge in [0.1, 0.15) is 11.4 Å². The van der Waals surface area contributed by atoms with E-state index < -0.39 is 0 Å². The third kappa shape index (κ3) is 3.88. The van der Waals surface area contributed by atoms with E-state index in [2.05, 4.69) is 15.5 Å². The lowest BCUT2D eigenvalue weighted by Crippen LogP contribution is -2.19. The number of hydrazone groups is 1. The van der Waals surface area contributed by atoms with Crippen molar-refractivity contribution in [2.75, 3.05) is 6.61 Å². The first-order valence-corrected chi connectivity index (χ1v) is 8.65. The van der Waals surface area contributed by atoms with E-state index in [-0.39, 0.29) is 5.91 Å². The lowest BCUT2D eigenvalue weighted by molar-refractivity contribution is 0.0950. The van der Waals surface area contributed by atoms with E-state index in [0.717, 1.165) is 34.1 Å². The van der Waals surface area contributed by atoms with Gasteiger partial charge in [-0.2, -0.15) is 5.10 Å². The molecule has 0 bridgehead atoms. The number of rotatable bonds is 6. The number of hydrogen-bond donors (Lipinski definition) is 1. The van der Waals surface area contributed by atoms with Gasteiger partial charge >= 0.3 is 0 Å². The van der Waals surface area contributed by atoms with Crippen LogP contribution in [0.2, 0.25) is 0 Å². The number of carbonyl (C=O) groups is 1. The number of nitrogens with one attached hydrogen (secondary N) is 1. The van der Waals surface area contributed by atoms with Crippen LogP contribution in [0.4, 0.5) is 0 Å². The van der Waals surface area contributed by atoms with Crippen molar-refractivity contribution in [1.82, 2.24) is 10.4 Å². The average molecular weight is 347 g/mol. The summed E-state index contributed by atoms with van der Waals surface area (Å²) in [6.45, 7) is 4.53. The minimum absolute atomic E-state index is 0.335. The fraction of sp³-hybridized carbons (Fsp3) is 0.190. The molecule has 0 saturated carbocycles. The zero-order chi connectivity index (χ0) is 18.4. The molecule has 2 aromatic carbocycles. The Morgan fingerprint density at radius 3 is 2.73 bits per heavy atom. The summed E-state index contributed by atoms with van der Waals surface area (Å²) in [6.07, 6.45) is 4.20. The molecule has 5 heteroatoms. The molecule has 3 aromatic rings. The van der Waals surface area contributed by atoms with E-state index >= 15 is 0 Å². The first-order chi connectivity index (χ1) is 12.7. The highest BCUT2D eigenvalue weighted by Crippen LogP contribution is 2.26. The van der Waals surface area contributed by atoms with Gasteiger partial charge in [-0.1, -0.05) is 43.3 Å². The van der Waals surface area contributed by atoms with Gasteiger partial charge in [-0.15, -0.1) is 0 Å². The van der Waals surface area contributed by atoms with Gasteiger partial charge in [0.2, 0.25) is 0 Å². The zero-order valence-corrected chi connectivity index (χ0v) is 14.9. The molecule has 1 aromatic heterocycles. The molecule has 0 radical (unpaired) electrons. The molecular formula is C21H21N3O2. The van der Waals surface area contributed by atoms with E-state index in [9.17, 15) is 4.79 Å². The Labute approximate surface area is 152 Å². The Bertz CT molecular complexity index is 934. The van der Waals surface area contributed by atoms with E-state index in [1.165, 1.54) is 0 Å². The van der Waals surface area contributed by atoms with Crippen LogP contribution in [0.5, 0.6) is 5.75 Å². The maximum absolute atomic E-state index is 12.2. The van der Waals surface area contributed by atoms with Crippen LogP contribution in [-0.4, -0.2) is 23.7 Å². The molecule has 0 unspecified atom stereocenters. The second-order valence-corrected chi connectivity index (χ2v) is 5.74. The number of benzene rings is 2. The maximum atomic E-state index is 12.2. The highest BCUT2D eigenvalue weighted by atomic mass is 16.5. The van der Waals surface area contributed by atoms with Gasteiger partial charge in [-0.25, -0.2) is 5.43 Å². The number of fused-ring (bicyclic) bond motifs is 1. The van der Waals surface area contributed by atoms with Crippen LogP contribution in [0, 0.1) is 0 Å². The molecule has 0 aliphatic rings. The van der Waals surface area contributed by atoms with Crippen LogP contribution in [-0.2, 0) is 6.42 Å². The quantitative estimate of drug-likeness (QED) is 0.542. The highest BCUT2D eigenvalue weighted by Gasteiger charge is 2.08.